The molecule has 5 nitrogen and oxygen atoms in total. The number of Topliss-reactive ketones (excluding diaryl/α,β-unsaturated/α-hetero) is 1. The lowest BCUT2D eigenvalue weighted by Crippen LogP contribution is -2.38. The van der Waals surface area contributed by atoms with Crippen LogP contribution in [-0.2, 0) is 11.2 Å². The summed E-state index contributed by atoms with van der Waals surface area (Å²) in [6.07, 6.45) is 1.51. The first-order valence-corrected chi connectivity index (χ1v) is 12.3. The summed E-state index contributed by atoms with van der Waals surface area (Å²) < 4.78 is 16.9. The largest absolute Gasteiger partial charge is 0.497 e. The van der Waals surface area contributed by atoms with Crippen molar-refractivity contribution in [2.24, 2.45) is 0 Å². The number of nitrogens with zero attached hydrogens (tertiary/aromatic N) is 1. The van der Waals surface area contributed by atoms with Gasteiger partial charge in [0.15, 0.2) is 5.78 Å². The lowest BCUT2D eigenvalue weighted by molar-refractivity contribution is 0.0322. The Morgan fingerprint density at radius 3 is 2.40 bits per heavy atom. The van der Waals surface area contributed by atoms with Gasteiger partial charge in [-0.25, -0.2) is 0 Å². The minimum Gasteiger partial charge on any atom is -0.497 e. The van der Waals surface area contributed by atoms with Gasteiger partial charge in [0.25, 0.3) is 0 Å². The molecule has 180 valence electrons. The third-order valence-electron chi connectivity index (χ3n) is 6.76. The van der Waals surface area contributed by atoms with Gasteiger partial charge in [-0.05, 0) is 59.4 Å². The number of carbonyl (C=O) groups is 1. The molecule has 35 heavy (non-hydrogen) atoms. The quantitative estimate of drug-likeness (QED) is 0.433. The Morgan fingerprint density at radius 1 is 0.914 bits per heavy atom. The highest BCUT2D eigenvalue weighted by Gasteiger charge is 2.26. The molecular weight excluding hydrogens is 438 g/mol. The first kappa shape index (κ1) is 23.3. The van der Waals surface area contributed by atoms with Crippen LogP contribution in [0, 0.1) is 0 Å². The van der Waals surface area contributed by atoms with Crippen molar-refractivity contribution in [2.45, 2.75) is 12.8 Å². The van der Waals surface area contributed by atoms with Crippen LogP contribution in [-0.4, -0.2) is 57.2 Å². The smallest absolute Gasteiger partial charge is 0.189 e. The van der Waals surface area contributed by atoms with Crippen LogP contribution >= 0.6 is 0 Å². The molecule has 0 saturated carbocycles. The van der Waals surface area contributed by atoms with Crippen molar-refractivity contribution in [3.05, 3.63) is 101 Å². The second kappa shape index (κ2) is 10.9. The molecule has 3 aromatic rings. The molecule has 0 spiro atoms. The maximum Gasteiger partial charge on any atom is 0.189 e. The molecule has 2 aliphatic rings. The topological polar surface area (TPSA) is 48.0 Å². The molecule has 5 heteroatoms. The van der Waals surface area contributed by atoms with Crippen LogP contribution in [0.4, 0.5) is 0 Å². The Hall–Kier alpha value is -3.41. The third-order valence-corrected chi connectivity index (χ3v) is 6.76. The monoisotopic (exact) mass is 469 g/mol. The fraction of sp³-hybridized carbons (Fsp3) is 0.300. The van der Waals surface area contributed by atoms with Crippen LogP contribution in [0.3, 0.4) is 0 Å². The van der Waals surface area contributed by atoms with Crippen LogP contribution in [0.1, 0.15) is 33.5 Å². The van der Waals surface area contributed by atoms with Gasteiger partial charge >= 0.3 is 0 Å². The summed E-state index contributed by atoms with van der Waals surface area (Å²) in [6, 6.07) is 23.8. The van der Waals surface area contributed by atoms with Crippen molar-refractivity contribution in [1.29, 1.82) is 0 Å². The summed E-state index contributed by atoms with van der Waals surface area (Å²) in [4.78, 5) is 15.9. The predicted octanol–water partition coefficient (Wildman–Crippen LogP) is 5.04. The molecule has 0 aromatic heterocycles. The molecule has 1 aliphatic carbocycles. The minimum atomic E-state index is 0.0907. The number of ketones is 1. The minimum absolute atomic E-state index is 0.0907. The van der Waals surface area contributed by atoms with E-state index in [1.807, 2.05) is 48.5 Å². The standard InChI is InChI=1S/C30H31NO4/c1-33-26-12-14-27-24(21-26)9-13-28(30(32)23-5-3-2-4-6-23)29(27)22-7-10-25(11-8-22)35-20-17-31-15-18-34-19-16-31/h2-8,10-12,14,21H,9,13,15-20H2,1H3. The Balaban J connectivity index is 1.43. The number of hydrogen-bond donors (Lipinski definition) is 0. The second-order valence-electron chi connectivity index (χ2n) is 8.90. The SMILES string of the molecule is COc1ccc2c(c1)CCC(C(=O)c1ccccc1)=C2c1ccc(OCCN2CCOCC2)cc1. The number of ether oxygens (including phenoxy) is 3. The summed E-state index contributed by atoms with van der Waals surface area (Å²) in [7, 11) is 1.68. The Kier molecular flexibility index (Phi) is 7.26. The molecule has 0 N–H and O–H groups in total. The van der Waals surface area contributed by atoms with Gasteiger partial charge < -0.3 is 14.2 Å². The normalized spacial score (nSPS) is 16.0. The number of hydrogen-bond acceptors (Lipinski definition) is 5. The van der Waals surface area contributed by atoms with Gasteiger partial charge in [0.1, 0.15) is 18.1 Å². The average Bonchev–Trinajstić information content (AvgIpc) is 2.93. The molecule has 0 atom stereocenters. The van der Waals surface area contributed by atoms with Gasteiger partial charge in [-0.1, -0.05) is 48.5 Å². The first-order valence-electron chi connectivity index (χ1n) is 12.3. The third kappa shape index (κ3) is 5.31. The number of methoxy groups -OCH3 is 1. The van der Waals surface area contributed by atoms with Crippen LogP contribution < -0.4 is 9.47 Å². The molecule has 5 rings (SSSR count). The van der Waals surface area contributed by atoms with Crippen LogP contribution in [0.5, 0.6) is 11.5 Å². The van der Waals surface area contributed by atoms with E-state index in [1.165, 1.54) is 5.56 Å². The van der Waals surface area contributed by atoms with E-state index in [0.717, 1.165) is 78.6 Å². The molecule has 0 unspecified atom stereocenters. The van der Waals surface area contributed by atoms with E-state index in [-0.39, 0.29) is 5.78 Å². The number of carbonyl (C=O) groups excluding carboxylic acids is 1. The van der Waals surface area contributed by atoms with Crippen molar-refractivity contribution in [3.63, 3.8) is 0 Å². The van der Waals surface area contributed by atoms with Gasteiger partial charge in [0, 0.05) is 30.8 Å². The number of fused-ring (bicyclic) bond motifs is 1. The molecule has 0 amide bonds. The number of allylic oxidation sites excluding steroid dienone is 1. The highest BCUT2D eigenvalue weighted by atomic mass is 16.5. The van der Waals surface area contributed by atoms with Crippen molar-refractivity contribution in [1.82, 2.24) is 4.90 Å². The molecule has 0 bridgehead atoms. The zero-order valence-electron chi connectivity index (χ0n) is 20.2. The fourth-order valence-electron chi connectivity index (χ4n) is 4.85. The second-order valence-corrected chi connectivity index (χ2v) is 8.90. The van der Waals surface area contributed by atoms with E-state index in [1.54, 1.807) is 7.11 Å². The highest BCUT2D eigenvalue weighted by molar-refractivity contribution is 6.15. The van der Waals surface area contributed by atoms with E-state index in [9.17, 15) is 4.79 Å². The van der Waals surface area contributed by atoms with Crippen molar-refractivity contribution in [2.75, 3.05) is 46.6 Å². The Bertz CT molecular complexity index is 1190. The van der Waals surface area contributed by atoms with E-state index in [2.05, 4.69) is 29.2 Å². The predicted molar refractivity (Wildman–Crippen MR) is 137 cm³/mol. The van der Waals surface area contributed by atoms with Crippen LogP contribution in [0.25, 0.3) is 5.57 Å². The van der Waals surface area contributed by atoms with Crippen LogP contribution in [0.2, 0.25) is 0 Å². The first-order chi connectivity index (χ1) is 17.2. The molecular formula is C30H31NO4. The zero-order valence-corrected chi connectivity index (χ0v) is 20.2. The number of morpholine rings is 1. The van der Waals surface area contributed by atoms with Gasteiger partial charge in [-0.3, -0.25) is 9.69 Å². The molecule has 3 aromatic carbocycles. The number of aryl methyl sites for hydroxylation is 1. The summed E-state index contributed by atoms with van der Waals surface area (Å²) >= 11 is 0. The van der Waals surface area contributed by atoms with Gasteiger partial charge in [0.2, 0.25) is 0 Å². The Labute approximate surface area is 206 Å². The van der Waals surface area contributed by atoms with Gasteiger partial charge in [0.05, 0.1) is 20.3 Å². The van der Waals surface area contributed by atoms with E-state index < -0.39 is 0 Å². The molecule has 0 radical (unpaired) electrons. The van der Waals surface area contributed by atoms with Crippen molar-refractivity contribution < 1.29 is 19.0 Å². The van der Waals surface area contributed by atoms with Crippen molar-refractivity contribution >= 4 is 11.4 Å². The van der Waals surface area contributed by atoms with Crippen molar-refractivity contribution in [3.8, 4) is 11.5 Å². The summed E-state index contributed by atoms with van der Waals surface area (Å²) in [5, 5.41) is 0. The maximum atomic E-state index is 13.6. The highest BCUT2D eigenvalue weighted by Crippen LogP contribution is 2.39. The van der Waals surface area contributed by atoms with Gasteiger partial charge in [-0.15, -0.1) is 0 Å². The average molecular weight is 470 g/mol. The lowest BCUT2D eigenvalue weighted by atomic mass is 9.79. The summed E-state index contributed by atoms with van der Waals surface area (Å²) in [5.41, 5.74) is 5.90. The number of benzene rings is 3. The van der Waals surface area contributed by atoms with E-state index in [4.69, 9.17) is 14.2 Å². The molecule has 1 fully saturated rings. The summed E-state index contributed by atoms with van der Waals surface area (Å²) in [5.74, 6) is 1.77. The molecule has 1 saturated heterocycles. The summed E-state index contributed by atoms with van der Waals surface area (Å²) in [6.45, 7) is 5.03. The maximum absolute atomic E-state index is 13.6. The van der Waals surface area contributed by atoms with E-state index in [0.29, 0.717) is 13.0 Å². The zero-order chi connectivity index (χ0) is 24.0. The van der Waals surface area contributed by atoms with Gasteiger partial charge in [-0.2, -0.15) is 0 Å². The molecule has 1 aliphatic heterocycles. The number of rotatable bonds is 8. The van der Waals surface area contributed by atoms with E-state index >= 15 is 0 Å². The molecule has 1 heterocycles. The Morgan fingerprint density at radius 2 is 1.66 bits per heavy atom. The lowest BCUT2D eigenvalue weighted by Gasteiger charge is -2.26. The van der Waals surface area contributed by atoms with Crippen LogP contribution in [0.15, 0.2) is 78.4 Å². The fourth-order valence-corrected chi connectivity index (χ4v) is 4.85.